The van der Waals surface area contributed by atoms with Crippen LogP contribution in [0, 0.1) is 30.1 Å². The molecule has 1 aliphatic heterocycles. The van der Waals surface area contributed by atoms with Gasteiger partial charge in [0, 0.05) is 65.5 Å². The molecule has 2 fully saturated rings. The van der Waals surface area contributed by atoms with Gasteiger partial charge in [-0.05, 0) is 44.0 Å². The molecule has 1 aromatic carbocycles. The molecule has 5 aromatic rings. The molecule has 224 valence electrons. The van der Waals surface area contributed by atoms with Gasteiger partial charge in [-0.15, -0.1) is 11.3 Å². The molecule has 1 aliphatic carbocycles. The van der Waals surface area contributed by atoms with E-state index in [0.717, 1.165) is 37.3 Å². The van der Waals surface area contributed by atoms with E-state index in [9.17, 15) is 20.0 Å². The highest BCUT2D eigenvalue weighted by molar-refractivity contribution is 7.18. The van der Waals surface area contributed by atoms with Crippen molar-refractivity contribution in [3.05, 3.63) is 79.9 Å². The molecule has 10 nitrogen and oxygen atoms in total. The summed E-state index contributed by atoms with van der Waals surface area (Å²) >= 11 is 7.67. The highest BCUT2D eigenvalue weighted by atomic mass is 35.5. The molecule has 0 atom stereocenters. The largest absolute Gasteiger partial charge is 0.478 e. The smallest absolute Gasteiger partial charge is 0.338 e. The summed E-state index contributed by atoms with van der Waals surface area (Å²) in [6, 6.07) is 10.1. The lowest BCUT2D eigenvalue weighted by Crippen LogP contribution is -2.47. The summed E-state index contributed by atoms with van der Waals surface area (Å²) < 4.78 is 2.19. The quantitative estimate of drug-likeness (QED) is 0.267. The number of nitrogens with zero attached hydrogens (tertiary/aromatic N) is 7. The van der Waals surface area contributed by atoms with Crippen LogP contribution < -0.4 is 10.5 Å². The number of piperazine rings is 1. The first-order valence-corrected chi connectivity index (χ1v) is 15.8. The molecule has 0 bridgehead atoms. The van der Waals surface area contributed by atoms with Gasteiger partial charge in [0.1, 0.15) is 23.3 Å². The molecule has 0 unspecified atom stereocenters. The third-order valence-corrected chi connectivity index (χ3v) is 9.61. The Labute approximate surface area is 267 Å². The van der Waals surface area contributed by atoms with E-state index in [-0.39, 0.29) is 28.6 Å². The number of nitriles is 1. The Morgan fingerprint density at radius 1 is 1.16 bits per heavy atom. The van der Waals surface area contributed by atoms with Gasteiger partial charge >= 0.3 is 5.97 Å². The molecule has 1 N–H and O–H groups in total. The van der Waals surface area contributed by atoms with Gasteiger partial charge < -0.3 is 10.0 Å². The van der Waals surface area contributed by atoms with Crippen molar-refractivity contribution in [3.8, 4) is 29.0 Å². The highest BCUT2D eigenvalue weighted by Crippen LogP contribution is 2.36. The molecule has 0 spiro atoms. The average molecular weight is 636 g/mol. The Balaban J connectivity index is 1.24. The van der Waals surface area contributed by atoms with Gasteiger partial charge in [0.2, 0.25) is 0 Å². The second-order valence-corrected chi connectivity index (χ2v) is 12.4. The zero-order valence-electron chi connectivity index (χ0n) is 24.2. The fourth-order valence-electron chi connectivity index (χ4n) is 5.94. The van der Waals surface area contributed by atoms with Crippen molar-refractivity contribution < 1.29 is 9.90 Å². The first-order valence-electron chi connectivity index (χ1n) is 14.5. The maximum Gasteiger partial charge on any atom is 0.338 e. The number of halogens is 1. The Morgan fingerprint density at radius 3 is 2.69 bits per heavy atom. The van der Waals surface area contributed by atoms with Gasteiger partial charge in [-0.3, -0.25) is 19.2 Å². The van der Waals surface area contributed by atoms with E-state index in [2.05, 4.69) is 42.7 Å². The number of thiophene rings is 1. The number of aromatic carboxylic acids is 1. The lowest BCUT2D eigenvalue weighted by atomic mass is 10.00. The minimum atomic E-state index is -1.04. The number of benzene rings is 1. The number of carboxylic acids is 1. The molecule has 1 saturated carbocycles. The van der Waals surface area contributed by atoms with Crippen LogP contribution in [-0.4, -0.2) is 67.7 Å². The summed E-state index contributed by atoms with van der Waals surface area (Å²) in [6.45, 7) is 5.10. The maximum atomic E-state index is 13.9. The van der Waals surface area contributed by atoms with Crippen LogP contribution in [0.5, 0.6) is 0 Å². The molecule has 4 aromatic heterocycles. The van der Waals surface area contributed by atoms with Gasteiger partial charge in [0.25, 0.3) is 5.56 Å². The molecule has 45 heavy (non-hydrogen) atoms. The van der Waals surface area contributed by atoms with Crippen molar-refractivity contribution >= 4 is 55.8 Å². The summed E-state index contributed by atoms with van der Waals surface area (Å²) in [5, 5.41) is 22.1. The first-order chi connectivity index (χ1) is 21.8. The van der Waals surface area contributed by atoms with Crippen LogP contribution >= 0.6 is 22.9 Å². The molecular weight excluding hydrogens is 610 g/mol. The summed E-state index contributed by atoms with van der Waals surface area (Å²) in [5.74, 6) is 6.23. The summed E-state index contributed by atoms with van der Waals surface area (Å²) in [7, 11) is 0. The Hall–Kier alpha value is -4.81. The molecule has 1 saturated heterocycles. The SMILES string of the molecule is Cc1nc2cnc(N3CCN(C4CC4)CC3)c(C#N)c2c(=O)n1CC#Cc1ccc(Cl)cc1-c1ccnc2c(C(=O)O)csc12. The van der Waals surface area contributed by atoms with Gasteiger partial charge in [0.05, 0.1) is 39.4 Å². The predicted molar refractivity (Wildman–Crippen MR) is 174 cm³/mol. The van der Waals surface area contributed by atoms with Crippen LogP contribution in [0.15, 0.2) is 46.8 Å². The van der Waals surface area contributed by atoms with Gasteiger partial charge in [-0.1, -0.05) is 23.4 Å². The second kappa shape index (κ2) is 11.6. The number of carboxylic acid groups (broad SMARTS) is 1. The summed E-state index contributed by atoms with van der Waals surface area (Å²) in [5.41, 5.74) is 2.98. The monoisotopic (exact) mass is 635 g/mol. The third-order valence-electron chi connectivity index (χ3n) is 8.38. The second-order valence-electron chi connectivity index (χ2n) is 11.1. The van der Waals surface area contributed by atoms with Crippen molar-refractivity contribution in [2.45, 2.75) is 32.4 Å². The van der Waals surface area contributed by atoms with Crippen molar-refractivity contribution in [1.82, 2.24) is 24.4 Å². The first kappa shape index (κ1) is 28.9. The lowest BCUT2D eigenvalue weighted by Gasteiger charge is -2.35. The summed E-state index contributed by atoms with van der Waals surface area (Å²) in [4.78, 5) is 43.6. The zero-order chi connectivity index (χ0) is 31.2. The number of aryl methyl sites for hydroxylation is 1. The average Bonchev–Trinajstić information content (AvgIpc) is 3.80. The topological polar surface area (TPSA) is 128 Å². The molecular formula is C33H26ClN7O3S. The fourth-order valence-corrected chi connectivity index (χ4v) is 7.14. The lowest BCUT2D eigenvalue weighted by molar-refractivity contribution is 0.0699. The van der Waals surface area contributed by atoms with E-state index < -0.39 is 5.97 Å². The van der Waals surface area contributed by atoms with Crippen LogP contribution in [0.3, 0.4) is 0 Å². The number of hydrogen-bond acceptors (Lipinski definition) is 9. The third kappa shape index (κ3) is 5.29. The van der Waals surface area contributed by atoms with Crippen molar-refractivity contribution in [1.29, 1.82) is 5.26 Å². The molecule has 7 rings (SSSR count). The van der Waals surface area contributed by atoms with E-state index >= 15 is 0 Å². The fraction of sp³-hybridized carbons (Fsp3) is 0.273. The number of carbonyl (C=O) groups is 1. The normalized spacial score (nSPS) is 15.2. The van der Waals surface area contributed by atoms with E-state index in [0.29, 0.717) is 44.0 Å². The van der Waals surface area contributed by atoms with Crippen molar-refractivity contribution in [2.75, 3.05) is 31.1 Å². The zero-order valence-corrected chi connectivity index (χ0v) is 25.8. The van der Waals surface area contributed by atoms with Gasteiger partial charge in [-0.25, -0.2) is 14.8 Å². The highest BCUT2D eigenvalue weighted by Gasteiger charge is 2.32. The van der Waals surface area contributed by atoms with Crippen LogP contribution in [0.25, 0.3) is 32.2 Å². The van der Waals surface area contributed by atoms with E-state index in [1.54, 1.807) is 42.9 Å². The number of pyridine rings is 2. The van der Waals surface area contributed by atoms with Crippen LogP contribution in [0.1, 0.15) is 40.2 Å². The standard InChI is InChI=1S/C33H26ClN7O3S/c1-19-38-27-17-37-31(40-13-11-39(12-14-40)22-6-7-22)25(16-35)28(27)32(42)41(19)10-2-3-20-4-5-21(34)15-24(20)23-8-9-36-29-26(33(43)44)18-45-30(23)29/h4-5,8-9,15,17-18,22H,6-7,10-14H2,1H3,(H,43,44). The molecule has 12 heteroatoms. The number of anilines is 1. The van der Waals surface area contributed by atoms with Crippen LogP contribution in [-0.2, 0) is 6.54 Å². The van der Waals surface area contributed by atoms with E-state index in [1.165, 1.54) is 28.7 Å². The molecule has 0 radical (unpaired) electrons. The van der Waals surface area contributed by atoms with E-state index in [1.807, 2.05) is 6.07 Å². The predicted octanol–water partition coefficient (Wildman–Crippen LogP) is 4.94. The molecule has 2 aliphatic rings. The number of hydrogen-bond donors (Lipinski definition) is 1. The number of aromatic nitrogens is 4. The van der Waals surface area contributed by atoms with E-state index in [4.69, 9.17) is 11.6 Å². The maximum absolute atomic E-state index is 13.9. The Bertz CT molecular complexity index is 2180. The minimum absolute atomic E-state index is 0.0478. The minimum Gasteiger partial charge on any atom is -0.478 e. The Morgan fingerprint density at radius 2 is 1.96 bits per heavy atom. The van der Waals surface area contributed by atoms with Crippen molar-refractivity contribution in [3.63, 3.8) is 0 Å². The molecule has 0 amide bonds. The number of fused-ring (bicyclic) bond motifs is 2. The molecule has 5 heterocycles. The summed E-state index contributed by atoms with van der Waals surface area (Å²) in [6.07, 6.45) is 5.65. The van der Waals surface area contributed by atoms with Crippen LogP contribution in [0.2, 0.25) is 5.02 Å². The van der Waals surface area contributed by atoms with Crippen LogP contribution in [0.4, 0.5) is 5.82 Å². The van der Waals surface area contributed by atoms with Gasteiger partial charge in [-0.2, -0.15) is 5.26 Å². The number of rotatable bonds is 5. The Kier molecular flexibility index (Phi) is 7.46. The van der Waals surface area contributed by atoms with Crippen molar-refractivity contribution in [2.24, 2.45) is 0 Å². The van der Waals surface area contributed by atoms with Gasteiger partial charge in [0.15, 0.2) is 0 Å².